The molecule has 0 bridgehead atoms. The second kappa shape index (κ2) is 10.8. The predicted molar refractivity (Wildman–Crippen MR) is 142 cm³/mol. The highest BCUT2D eigenvalue weighted by Crippen LogP contribution is 2.47. The smallest absolute Gasteiger partial charge is 0.247 e. The van der Waals surface area contributed by atoms with Crippen molar-refractivity contribution in [1.29, 1.82) is 0 Å². The molecule has 2 heterocycles. The quantitative estimate of drug-likeness (QED) is 0.506. The van der Waals surface area contributed by atoms with Crippen molar-refractivity contribution in [3.63, 3.8) is 0 Å². The number of piperidine rings is 1. The van der Waals surface area contributed by atoms with E-state index in [1.54, 1.807) is 17.0 Å². The van der Waals surface area contributed by atoms with E-state index in [2.05, 4.69) is 5.32 Å². The Morgan fingerprint density at radius 2 is 1.72 bits per heavy atom. The number of rotatable bonds is 8. The molecule has 12 heteroatoms. The normalized spacial score (nSPS) is 17.7. The van der Waals surface area contributed by atoms with Gasteiger partial charge in [0.1, 0.15) is 17.7 Å². The van der Waals surface area contributed by atoms with Gasteiger partial charge in [-0.05, 0) is 50.5 Å². The average Bonchev–Trinajstić information content (AvgIpc) is 3.19. The van der Waals surface area contributed by atoms with E-state index in [-0.39, 0.29) is 12.2 Å². The zero-order valence-corrected chi connectivity index (χ0v) is 23.1. The number of hydrogen-bond donors (Lipinski definition) is 2. The second-order valence-corrected chi connectivity index (χ2v) is 12.8. The van der Waals surface area contributed by atoms with Gasteiger partial charge in [-0.15, -0.1) is 0 Å². The molecule has 1 spiro atoms. The fourth-order valence-electron chi connectivity index (χ4n) is 5.15. The molecular weight excluding hydrogens is 530 g/mol. The van der Waals surface area contributed by atoms with E-state index in [1.807, 2.05) is 12.1 Å². The van der Waals surface area contributed by atoms with Crippen LogP contribution in [0.15, 0.2) is 42.5 Å². The number of sulfonamides is 1. The number of carbonyl (C=O) groups is 2. The molecular formula is C27H34F2N4O5S. The standard InChI is InChI=1S/C27H34F2N4O5S/c1-26(2,30)25(35)31-22(16-38-15-18-20(28)8-6-9-21(18)29)24(34)32-13-11-27(12-14-32)17-33(39(3,36)37)23-10-5-4-7-19(23)27/h4-10,22H,11-17,30H2,1-3H3,(H,31,35). The van der Waals surface area contributed by atoms with Crippen molar-refractivity contribution in [1.82, 2.24) is 10.2 Å². The van der Waals surface area contributed by atoms with Gasteiger partial charge in [0, 0.05) is 30.6 Å². The highest BCUT2D eigenvalue weighted by Gasteiger charge is 2.48. The summed E-state index contributed by atoms with van der Waals surface area (Å²) in [7, 11) is -3.48. The van der Waals surface area contributed by atoms with E-state index < -0.39 is 57.1 Å². The van der Waals surface area contributed by atoms with Crippen molar-refractivity contribution in [3.05, 3.63) is 65.2 Å². The number of hydrogen-bond acceptors (Lipinski definition) is 6. The van der Waals surface area contributed by atoms with Crippen molar-refractivity contribution in [2.45, 2.75) is 50.3 Å². The number of likely N-dealkylation sites (tertiary alicyclic amines) is 1. The van der Waals surface area contributed by atoms with Crippen molar-refractivity contribution in [2.24, 2.45) is 5.73 Å². The molecule has 0 saturated carbocycles. The van der Waals surface area contributed by atoms with Gasteiger partial charge < -0.3 is 20.7 Å². The SMILES string of the molecule is CC(C)(N)C(=O)NC(COCc1c(F)cccc1F)C(=O)N1CCC2(CC1)CN(S(C)(=O)=O)c1ccccc12. The van der Waals surface area contributed by atoms with Crippen LogP contribution in [0.3, 0.4) is 0 Å². The Bertz CT molecular complexity index is 1330. The van der Waals surface area contributed by atoms with Gasteiger partial charge in [-0.2, -0.15) is 0 Å². The number of carbonyl (C=O) groups excluding carboxylic acids is 2. The van der Waals surface area contributed by atoms with E-state index in [0.717, 1.165) is 17.7 Å². The van der Waals surface area contributed by atoms with Gasteiger partial charge in [0.2, 0.25) is 21.8 Å². The van der Waals surface area contributed by atoms with Gasteiger partial charge >= 0.3 is 0 Å². The third-order valence-corrected chi connectivity index (χ3v) is 8.53. The lowest BCUT2D eigenvalue weighted by molar-refractivity contribution is -0.140. The molecule has 2 aliphatic heterocycles. The summed E-state index contributed by atoms with van der Waals surface area (Å²) < 4.78 is 59.9. The zero-order valence-electron chi connectivity index (χ0n) is 22.2. The molecule has 3 N–H and O–H groups in total. The Morgan fingerprint density at radius 1 is 1.10 bits per heavy atom. The molecule has 1 fully saturated rings. The van der Waals surface area contributed by atoms with E-state index in [0.29, 0.717) is 38.2 Å². The van der Waals surface area contributed by atoms with Gasteiger partial charge in [-0.3, -0.25) is 13.9 Å². The van der Waals surface area contributed by atoms with Crippen molar-refractivity contribution >= 4 is 27.5 Å². The van der Waals surface area contributed by atoms with Crippen LogP contribution in [0.25, 0.3) is 0 Å². The number of anilines is 1. The number of nitrogens with zero attached hydrogens (tertiary/aromatic N) is 2. The van der Waals surface area contributed by atoms with Crippen LogP contribution in [0.2, 0.25) is 0 Å². The van der Waals surface area contributed by atoms with Gasteiger partial charge in [0.15, 0.2) is 0 Å². The summed E-state index contributed by atoms with van der Waals surface area (Å²) in [5.41, 5.74) is 5.52. The van der Waals surface area contributed by atoms with Crippen LogP contribution in [0, 0.1) is 11.6 Å². The highest BCUT2D eigenvalue weighted by molar-refractivity contribution is 7.92. The van der Waals surface area contributed by atoms with Crippen molar-refractivity contribution < 1.29 is 31.5 Å². The fraction of sp³-hybridized carbons (Fsp3) is 0.481. The highest BCUT2D eigenvalue weighted by atomic mass is 32.2. The van der Waals surface area contributed by atoms with Crippen LogP contribution in [-0.2, 0) is 36.4 Å². The maximum Gasteiger partial charge on any atom is 0.247 e. The minimum Gasteiger partial charge on any atom is -0.374 e. The van der Waals surface area contributed by atoms with Crippen molar-refractivity contribution in [2.75, 3.05) is 36.8 Å². The summed E-state index contributed by atoms with van der Waals surface area (Å²) in [6, 6.07) is 9.72. The number of nitrogens with one attached hydrogen (secondary N) is 1. The third kappa shape index (κ3) is 6.07. The van der Waals surface area contributed by atoms with Gasteiger partial charge in [-0.25, -0.2) is 17.2 Å². The van der Waals surface area contributed by atoms with Crippen LogP contribution >= 0.6 is 0 Å². The number of halogens is 2. The fourth-order valence-corrected chi connectivity index (χ4v) is 6.15. The molecule has 2 amide bonds. The molecule has 0 radical (unpaired) electrons. The third-order valence-electron chi connectivity index (χ3n) is 7.40. The summed E-state index contributed by atoms with van der Waals surface area (Å²) >= 11 is 0. The van der Waals surface area contributed by atoms with E-state index >= 15 is 0 Å². The number of fused-ring (bicyclic) bond motifs is 2. The first-order valence-corrected chi connectivity index (χ1v) is 14.5. The van der Waals surface area contributed by atoms with Crippen LogP contribution in [0.4, 0.5) is 14.5 Å². The topological polar surface area (TPSA) is 122 Å². The molecule has 0 aromatic heterocycles. The first-order chi connectivity index (χ1) is 18.2. The lowest BCUT2D eigenvalue weighted by Gasteiger charge is -2.41. The number of ether oxygens (including phenoxy) is 1. The Hall–Kier alpha value is -3.09. The first-order valence-electron chi connectivity index (χ1n) is 12.7. The number of para-hydroxylation sites is 1. The lowest BCUT2D eigenvalue weighted by Crippen LogP contribution is -2.59. The molecule has 212 valence electrons. The van der Waals surface area contributed by atoms with E-state index in [1.165, 1.54) is 30.5 Å². The van der Waals surface area contributed by atoms with Crippen LogP contribution in [-0.4, -0.2) is 69.2 Å². The monoisotopic (exact) mass is 564 g/mol. The maximum absolute atomic E-state index is 14.0. The molecule has 2 aliphatic rings. The van der Waals surface area contributed by atoms with Gasteiger partial charge in [0.25, 0.3) is 0 Å². The number of nitrogens with two attached hydrogens (primary N) is 1. The van der Waals surface area contributed by atoms with Gasteiger partial charge in [0.05, 0.1) is 30.7 Å². The van der Waals surface area contributed by atoms with Gasteiger partial charge in [-0.1, -0.05) is 24.3 Å². The maximum atomic E-state index is 14.0. The summed E-state index contributed by atoms with van der Waals surface area (Å²) in [6.07, 6.45) is 2.22. The summed E-state index contributed by atoms with van der Waals surface area (Å²) in [5, 5.41) is 2.62. The van der Waals surface area contributed by atoms with Crippen molar-refractivity contribution in [3.8, 4) is 0 Å². The zero-order chi connectivity index (χ0) is 28.6. The first kappa shape index (κ1) is 28.9. The molecule has 2 aromatic carbocycles. The van der Waals surface area contributed by atoms with Crippen LogP contribution < -0.4 is 15.4 Å². The Kier molecular flexibility index (Phi) is 8.02. The lowest BCUT2D eigenvalue weighted by atomic mass is 9.74. The number of amides is 2. The molecule has 2 aromatic rings. The van der Waals surface area contributed by atoms with E-state index in [4.69, 9.17) is 10.5 Å². The average molecular weight is 565 g/mol. The van der Waals surface area contributed by atoms with Crippen LogP contribution in [0.5, 0.6) is 0 Å². The molecule has 0 aliphatic carbocycles. The predicted octanol–water partition coefficient (Wildman–Crippen LogP) is 2.04. The molecule has 1 unspecified atom stereocenters. The second-order valence-electron chi connectivity index (χ2n) is 10.9. The minimum absolute atomic E-state index is 0.274. The Morgan fingerprint density at radius 3 is 2.31 bits per heavy atom. The van der Waals surface area contributed by atoms with E-state index in [9.17, 15) is 26.8 Å². The molecule has 9 nitrogen and oxygen atoms in total. The Balaban J connectivity index is 1.48. The summed E-state index contributed by atoms with van der Waals surface area (Å²) in [4.78, 5) is 27.8. The molecule has 1 saturated heterocycles. The summed E-state index contributed by atoms with van der Waals surface area (Å²) in [6.45, 7) is 3.19. The van der Waals surface area contributed by atoms with Crippen LogP contribution in [0.1, 0.15) is 37.8 Å². The largest absolute Gasteiger partial charge is 0.374 e. The molecule has 1 atom stereocenters. The minimum atomic E-state index is -3.48. The number of benzene rings is 2. The molecule has 39 heavy (non-hydrogen) atoms. The summed E-state index contributed by atoms with van der Waals surface area (Å²) in [5.74, 6) is -2.54. The molecule has 4 rings (SSSR count). The Labute approximate surface area is 227 Å².